The van der Waals surface area contributed by atoms with Crippen LogP contribution in [0.3, 0.4) is 0 Å². The Hall–Kier alpha value is -1.41. The van der Waals surface area contributed by atoms with Crippen molar-refractivity contribution in [2.45, 2.75) is 5.03 Å². The van der Waals surface area contributed by atoms with Crippen LogP contribution in [0.4, 0.5) is 10.1 Å². The molecule has 0 aliphatic heterocycles. The minimum absolute atomic E-state index is 0.0575. The second-order valence-corrected chi connectivity index (χ2v) is 5.66. The Kier molecular flexibility index (Phi) is 3.16. The van der Waals surface area contributed by atoms with Crippen LogP contribution >= 0.6 is 15.9 Å². The maximum Gasteiger partial charge on any atom is 0.278 e. The molecule has 2 rings (SSSR count). The normalized spacial score (nSPS) is 11.4. The summed E-state index contributed by atoms with van der Waals surface area (Å²) in [6.45, 7) is 0. The van der Waals surface area contributed by atoms with E-state index >= 15 is 0 Å². The second kappa shape index (κ2) is 4.46. The van der Waals surface area contributed by atoms with Crippen molar-refractivity contribution in [3.63, 3.8) is 0 Å². The van der Waals surface area contributed by atoms with Crippen LogP contribution in [0.1, 0.15) is 0 Å². The minimum Gasteiger partial charge on any atom is -0.334 e. The number of sulfonamides is 1. The van der Waals surface area contributed by atoms with Crippen LogP contribution in [-0.2, 0) is 10.0 Å². The van der Waals surface area contributed by atoms with Crippen molar-refractivity contribution in [3.05, 3.63) is 41.0 Å². The predicted octanol–water partition coefficient (Wildman–Crippen LogP) is 2.11. The number of H-pyrrole nitrogens is 1. The van der Waals surface area contributed by atoms with Crippen LogP contribution in [0.2, 0.25) is 0 Å². The molecule has 90 valence electrons. The summed E-state index contributed by atoms with van der Waals surface area (Å²) < 4.78 is 39.0. The van der Waals surface area contributed by atoms with Gasteiger partial charge in [-0.1, -0.05) is 0 Å². The summed E-state index contributed by atoms with van der Waals surface area (Å²) in [6.07, 6.45) is 2.44. The molecule has 17 heavy (non-hydrogen) atoms. The third kappa shape index (κ3) is 2.64. The molecule has 0 saturated carbocycles. The fraction of sp³-hybridized carbons (Fsp3) is 0. The number of rotatable bonds is 3. The lowest BCUT2D eigenvalue weighted by molar-refractivity contribution is 0.598. The van der Waals surface area contributed by atoms with E-state index in [2.05, 4.69) is 30.6 Å². The molecule has 1 heterocycles. The van der Waals surface area contributed by atoms with E-state index in [9.17, 15) is 12.8 Å². The molecule has 2 aromatic rings. The van der Waals surface area contributed by atoms with E-state index in [0.29, 0.717) is 0 Å². The van der Waals surface area contributed by atoms with Crippen molar-refractivity contribution >= 4 is 31.6 Å². The van der Waals surface area contributed by atoms with Crippen LogP contribution in [0, 0.1) is 5.82 Å². The molecule has 1 aromatic carbocycles. The summed E-state index contributed by atoms with van der Waals surface area (Å²) in [5, 5.41) is -0.0575. The molecular formula is C9H7BrFN3O2S. The first-order valence-electron chi connectivity index (χ1n) is 4.45. The van der Waals surface area contributed by atoms with Crippen molar-refractivity contribution in [3.8, 4) is 0 Å². The monoisotopic (exact) mass is 319 g/mol. The molecule has 0 bridgehead atoms. The van der Waals surface area contributed by atoms with Gasteiger partial charge in [-0.05, 0) is 34.1 Å². The molecule has 0 amide bonds. The zero-order valence-electron chi connectivity index (χ0n) is 8.31. The first kappa shape index (κ1) is 12.1. The number of nitrogens with zero attached hydrogens (tertiary/aromatic N) is 1. The number of hydrogen-bond acceptors (Lipinski definition) is 3. The molecular weight excluding hydrogens is 313 g/mol. The number of aromatic amines is 1. The Labute approximate surface area is 105 Å². The number of aromatic nitrogens is 2. The molecule has 5 nitrogen and oxygen atoms in total. The van der Waals surface area contributed by atoms with Crippen LogP contribution in [0.15, 0.2) is 40.2 Å². The molecule has 0 radical (unpaired) electrons. The van der Waals surface area contributed by atoms with Gasteiger partial charge in [-0.25, -0.2) is 9.37 Å². The Bertz CT molecular complexity index is 628. The van der Waals surface area contributed by atoms with Gasteiger partial charge in [-0.3, -0.25) is 4.72 Å². The van der Waals surface area contributed by atoms with E-state index in [4.69, 9.17) is 0 Å². The fourth-order valence-electron chi connectivity index (χ4n) is 1.16. The fourth-order valence-corrected chi connectivity index (χ4v) is 2.49. The predicted molar refractivity (Wildman–Crippen MR) is 63.5 cm³/mol. The van der Waals surface area contributed by atoms with E-state index in [0.717, 1.165) is 6.07 Å². The van der Waals surface area contributed by atoms with Crippen molar-refractivity contribution in [2.75, 3.05) is 4.72 Å². The van der Waals surface area contributed by atoms with Crippen LogP contribution in [-0.4, -0.2) is 18.4 Å². The van der Waals surface area contributed by atoms with Gasteiger partial charge in [0.15, 0.2) is 5.03 Å². The molecule has 0 spiro atoms. The molecule has 0 atom stereocenters. The summed E-state index contributed by atoms with van der Waals surface area (Å²) in [6, 6.07) is 3.83. The largest absolute Gasteiger partial charge is 0.334 e. The van der Waals surface area contributed by atoms with E-state index < -0.39 is 15.8 Å². The standard InChI is InChI=1S/C9H7BrFN3O2S/c10-7-3-6(1-2-8(7)11)14-17(15,16)9-4-12-5-13-9/h1-5,14H,(H,12,13). The van der Waals surface area contributed by atoms with Gasteiger partial charge in [0.2, 0.25) is 0 Å². The average Bonchev–Trinajstić information content (AvgIpc) is 2.77. The van der Waals surface area contributed by atoms with Gasteiger partial charge in [0, 0.05) is 0 Å². The molecule has 2 N–H and O–H groups in total. The molecule has 0 aliphatic carbocycles. The SMILES string of the molecule is O=S(=O)(Nc1ccc(F)c(Br)c1)c1cnc[nH]1. The average molecular weight is 320 g/mol. The molecule has 0 saturated heterocycles. The highest BCUT2D eigenvalue weighted by Gasteiger charge is 2.15. The third-order valence-electron chi connectivity index (χ3n) is 1.93. The molecule has 0 fully saturated rings. The van der Waals surface area contributed by atoms with Gasteiger partial charge >= 0.3 is 0 Å². The lowest BCUT2D eigenvalue weighted by Crippen LogP contribution is -2.13. The number of anilines is 1. The van der Waals surface area contributed by atoms with Crippen LogP contribution < -0.4 is 4.72 Å². The number of hydrogen-bond donors (Lipinski definition) is 2. The van der Waals surface area contributed by atoms with Crippen LogP contribution in [0.5, 0.6) is 0 Å². The Morgan fingerprint density at radius 2 is 2.18 bits per heavy atom. The highest BCUT2D eigenvalue weighted by molar-refractivity contribution is 9.10. The minimum atomic E-state index is -3.71. The lowest BCUT2D eigenvalue weighted by atomic mass is 10.3. The Morgan fingerprint density at radius 1 is 1.41 bits per heavy atom. The van der Waals surface area contributed by atoms with Gasteiger partial charge in [-0.2, -0.15) is 8.42 Å². The highest BCUT2D eigenvalue weighted by Crippen LogP contribution is 2.21. The number of halogens is 2. The van der Waals surface area contributed by atoms with E-state index in [1.54, 1.807) is 0 Å². The number of imidazole rings is 1. The Morgan fingerprint density at radius 3 is 2.76 bits per heavy atom. The zero-order chi connectivity index (χ0) is 12.5. The number of benzene rings is 1. The van der Waals surface area contributed by atoms with E-state index in [1.165, 1.54) is 24.7 Å². The van der Waals surface area contributed by atoms with Gasteiger partial charge in [0.05, 0.1) is 22.7 Å². The highest BCUT2D eigenvalue weighted by atomic mass is 79.9. The maximum atomic E-state index is 13.0. The van der Waals surface area contributed by atoms with Crippen molar-refractivity contribution in [2.24, 2.45) is 0 Å². The first-order valence-corrected chi connectivity index (χ1v) is 6.73. The first-order chi connectivity index (χ1) is 7.99. The Balaban J connectivity index is 2.30. The topological polar surface area (TPSA) is 74.8 Å². The van der Waals surface area contributed by atoms with Gasteiger partial charge in [-0.15, -0.1) is 0 Å². The van der Waals surface area contributed by atoms with E-state index in [-0.39, 0.29) is 15.2 Å². The smallest absolute Gasteiger partial charge is 0.278 e. The third-order valence-corrected chi connectivity index (χ3v) is 3.85. The van der Waals surface area contributed by atoms with Crippen molar-refractivity contribution in [1.29, 1.82) is 0 Å². The van der Waals surface area contributed by atoms with Gasteiger partial charge in [0.25, 0.3) is 10.0 Å². The summed E-state index contributed by atoms with van der Waals surface area (Å²) in [4.78, 5) is 6.09. The molecule has 8 heteroatoms. The summed E-state index contributed by atoms with van der Waals surface area (Å²) >= 11 is 2.97. The van der Waals surface area contributed by atoms with Gasteiger partial charge < -0.3 is 4.98 Å². The lowest BCUT2D eigenvalue weighted by Gasteiger charge is -2.06. The summed E-state index contributed by atoms with van der Waals surface area (Å²) in [5.74, 6) is -0.463. The van der Waals surface area contributed by atoms with E-state index in [1.807, 2.05) is 0 Å². The zero-order valence-corrected chi connectivity index (χ0v) is 10.7. The molecule has 0 aliphatic rings. The maximum absolute atomic E-state index is 13.0. The second-order valence-electron chi connectivity index (χ2n) is 3.15. The summed E-state index contributed by atoms with van der Waals surface area (Å²) in [7, 11) is -3.71. The van der Waals surface area contributed by atoms with Gasteiger partial charge in [0.1, 0.15) is 5.82 Å². The molecule has 1 aromatic heterocycles. The van der Waals surface area contributed by atoms with Crippen molar-refractivity contribution < 1.29 is 12.8 Å². The van der Waals surface area contributed by atoms with Crippen molar-refractivity contribution in [1.82, 2.24) is 9.97 Å². The van der Waals surface area contributed by atoms with Crippen LogP contribution in [0.25, 0.3) is 0 Å². The summed E-state index contributed by atoms with van der Waals surface area (Å²) in [5.41, 5.74) is 0.257. The molecule has 0 unspecified atom stereocenters. The number of nitrogens with one attached hydrogen (secondary N) is 2. The quantitative estimate of drug-likeness (QED) is 0.909.